The van der Waals surface area contributed by atoms with Gasteiger partial charge in [-0.2, -0.15) is 23.5 Å². The van der Waals surface area contributed by atoms with Crippen LogP contribution < -0.4 is 11.1 Å². The Balaban J connectivity index is 1.59. The standard InChI is InChI=1S/C14H20N2S2/c15-11-2-3-13-10(7-11)1-4-14(13)16-8-12-9-17-5-6-18-12/h2-3,7,12,14,16H,1,4-6,8-9,15H2. The average Bonchev–Trinajstić information content (AvgIpc) is 2.80. The van der Waals surface area contributed by atoms with Crippen molar-refractivity contribution in [3.05, 3.63) is 29.3 Å². The van der Waals surface area contributed by atoms with Crippen LogP contribution in [0.4, 0.5) is 5.69 Å². The molecule has 2 aliphatic rings. The monoisotopic (exact) mass is 280 g/mol. The van der Waals surface area contributed by atoms with Crippen LogP contribution in [0, 0.1) is 0 Å². The van der Waals surface area contributed by atoms with Crippen LogP contribution in [0.3, 0.4) is 0 Å². The number of hydrogen-bond donors (Lipinski definition) is 2. The fourth-order valence-electron chi connectivity index (χ4n) is 2.78. The minimum absolute atomic E-state index is 0.549. The SMILES string of the molecule is Nc1ccc2c(c1)CCC2NCC1CSCCS1. The van der Waals surface area contributed by atoms with Gasteiger partial charge < -0.3 is 11.1 Å². The molecule has 0 radical (unpaired) electrons. The highest BCUT2D eigenvalue weighted by molar-refractivity contribution is 8.06. The lowest BCUT2D eigenvalue weighted by Gasteiger charge is -2.23. The molecule has 0 bridgehead atoms. The van der Waals surface area contributed by atoms with E-state index >= 15 is 0 Å². The largest absolute Gasteiger partial charge is 0.399 e. The number of anilines is 1. The van der Waals surface area contributed by atoms with Crippen LogP contribution in [0.2, 0.25) is 0 Å². The minimum atomic E-state index is 0.549. The highest BCUT2D eigenvalue weighted by Crippen LogP contribution is 2.33. The molecule has 3 N–H and O–H groups in total. The van der Waals surface area contributed by atoms with Crippen molar-refractivity contribution in [2.45, 2.75) is 24.1 Å². The zero-order valence-electron chi connectivity index (χ0n) is 10.5. The summed E-state index contributed by atoms with van der Waals surface area (Å²) in [6, 6.07) is 6.93. The molecule has 2 unspecified atom stereocenters. The van der Waals surface area contributed by atoms with Crippen molar-refractivity contribution in [3.63, 3.8) is 0 Å². The molecule has 0 amide bonds. The summed E-state index contributed by atoms with van der Waals surface area (Å²) in [5.41, 5.74) is 9.65. The number of rotatable bonds is 3. The maximum absolute atomic E-state index is 5.84. The van der Waals surface area contributed by atoms with E-state index in [1.165, 1.54) is 41.2 Å². The van der Waals surface area contributed by atoms with Gasteiger partial charge in [0.05, 0.1) is 0 Å². The molecule has 1 aliphatic heterocycles. The summed E-state index contributed by atoms with van der Waals surface area (Å²) in [6.07, 6.45) is 2.40. The molecule has 2 nitrogen and oxygen atoms in total. The maximum atomic E-state index is 5.84. The number of aryl methyl sites for hydroxylation is 1. The van der Waals surface area contributed by atoms with Crippen LogP contribution in [0.5, 0.6) is 0 Å². The Morgan fingerprint density at radius 2 is 2.28 bits per heavy atom. The van der Waals surface area contributed by atoms with Crippen LogP contribution in [-0.4, -0.2) is 29.1 Å². The highest BCUT2D eigenvalue weighted by Gasteiger charge is 2.23. The van der Waals surface area contributed by atoms with Gasteiger partial charge in [-0.05, 0) is 36.1 Å². The molecule has 0 saturated carbocycles. The van der Waals surface area contributed by atoms with Crippen LogP contribution in [0.1, 0.15) is 23.6 Å². The Bertz CT molecular complexity index is 416. The lowest BCUT2D eigenvalue weighted by molar-refractivity contribution is 0.534. The lowest BCUT2D eigenvalue weighted by atomic mass is 10.1. The number of nitrogen functional groups attached to an aromatic ring is 1. The first-order chi connectivity index (χ1) is 8.83. The molecule has 4 heteroatoms. The summed E-state index contributed by atoms with van der Waals surface area (Å²) >= 11 is 4.22. The van der Waals surface area contributed by atoms with Gasteiger partial charge in [0.25, 0.3) is 0 Å². The third-order valence-corrected chi connectivity index (χ3v) is 6.57. The van der Waals surface area contributed by atoms with E-state index in [1.54, 1.807) is 0 Å². The Morgan fingerprint density at radius 1 is 1.33 bits per heavy atom. The number of fused-ring (bicyclic) bond motifs is 1. The zero-order chi connectivity index (χ0) is 12.4. The summed E-state index contributed by atoms with van der Waals surface area (Å²) in [4.78, 5) is 0. The van der Waals surface area contributed by atoms with Gasteiger partial charge in [0, 0.05) is 40.8 Å². The molecule has 1 saturated heterocycles. The van der Waals surface area contributed by atoms with Crippen molar-refractivity contribution in [3.8, 4) is 0 Å². The van der Waals surface area contributed by atoms with Crippen LogP contribution >= 0.6 is 23.5 Å². The third kappa shape index (κ3) is 2.81. The topological polar surface area (TPSA) is 38.0 Å². The third-order valence-electron chi connectivity index (χ3n) is 3.72. The summed E-state index contributed by atoms with van der Waals surface area (Å²) in [5, 5.41) is 4.55. The lowest BCUT2D eigenvalue weighted by Crippen LogP contribution is -2.31. The number of thioether (sulfide) groups is 2. The highest BCUT2D eigenvalue weighted by atomic mass is 32.2. The van der Waals surface area contributed by atoms with E-state index in [4.69, 9.17) is 5.73 Å². The van der Waals surface area contributed by atoms with E-state index in [2.05, 4.69) is 41.0 Å². The van der Waals surface area contributed by atoms with Crippen LogP contribution in [-0.2, 0) is 6.42 Å². The summed E-state index contributed by atoms with van der Waals surface area (Å²) in [6.45, 7) is 1.14. The van der Waals surface area contributed by atoms with E-state index in [0.29, 0.717) is 6.04 Å². The van der Waals surface area contributed by atoms with Crippen LogP contribution in [0.15, 0.2) is 18.2 Å². The molecule has 0 aromatic heterocycles. The van der Waals surface area contributed by atoms with Gasteiger partial charge in [0.1, 0.15) is 0 Å². The normalized spacial score (nSPS) is 27.1. The first-order valence-electron chi connectivity index (χ1n) is 6.64. The van der Waals surface area contributed by atoms with E-state index in [9.17, 15) is 0 Å². The van der Waals surface area contributed by atoms with Crippen molar-refractivity contribution in [1.29, 1.82) is 0 Å². The quantitative estimate of drug-likeness (QED) is 0.835. The molecule has 18 heavy (non-hydrogen) atoms. The molecule has 0 spiro atoms. The summed E-state index contributed by atoms with van der Waals surface area (Å²) in [5.74, 6) is 3.94. The second kappa shape index (κ2) is 5.76. The second-order valence-electron chi connectivity index (χ2n) is 5.03. The van der Waals surface area contributed by atoms with E-state index < -0.39 is 0 Å². The molecule has 3 rings (SSSR count). The van der Waals surface area contributed by atoms with Crippen LogP contribution in [0.25, 0.3) is 0 Å². The zero-order valence-corrected chi connectivity index (χ0v) is 12.2. The maximum Gasteiger partial charge on any atom is 0.0326 e. The number of benzene rings is 1. The molecular formula is C14H20N2S2. The van der Waals surface area contributed by atoms with Crippen molar-refractivity contribution < 1.29 is 0 Å². The Labute approximate surface area is 117 Å². The van der Waals surface area contributed by atoms with Gasteiger partial charge >= 0.3 is 0 Å². The van der Waals surface area contributed by atoms with Crippen molar-refractivity contribution in [2.24, 2.45) is 0 Å². The molecule has 1 aromatic carbocycles. The second-order valence-corrected chi connectivity index (χ2v) is 7.58. The molecular weight excluding hydrogens is 260 g/mol. The van der Waals surface area contributed by atoms with E-state index in [-0.39, 0.29) is 0 Å². The molecule has 1 fully saturated rings. The molecule has 1 heterocycles. The predicted octanol–water partition coefficient (Wildman–Crippen LogP) is 2.69. The van der Waals surface area contributed by atoms with Gasteiger partial charge in [-0.15, -0.1) is 0 Å². The van der Waals surface area contributed by atoms with Gasteiger partial charge in [0.15, 0.2) is 0 Å². The van der Waals surface area contributed by atoms with Gasteiger partial charge in [-0.1, -0.05) is 6.07 Å². The van der Waals surface area contributed by atoms with Crippen molar-refractivity contribution in [1.82, 2.24) is 5.32 Å². The smallest absolute Gasteiger partial charge is 0.0326 e. The molecule has 2 atom stereocenters. The van der Waals surface area contributed by atoms with Crippen molar-refractivity contribution in [2.75, 3.05) is 29.5 Å². The number of nitrogens with one attached hydrogen (secondary N) is 1. The number of nitrogens with two attached hydrogens (primary N) is 1. The van der Waals surface area contributed by atoms with Gasteiger partial charge in [0.2, 0.25) is 0 Å². The first-order valence-corrected chi connectivity index (χ1v) is 8.84. The summed E-state index contributed by atoms with van der Waals surface area (Å²) < 4.78 is 0. The van der Waals surface area contributed by atoms with Crippen molar-refractivity contribution >= 4 is 29.2 Å². The molecule has 98 valence electrons. The summed E-state index contributed by atoms with van der Waals surface area (Å²) in [7, 11) is 0. The predicted molar refractivity (Wildman–Crippen MR) is 83.5 cm³/mol. The Kier molecular flexibility index (Phi) is 4.07. The van der Waals surface area contributed by atoms with E-state index in [1.807, 2.05) is 6.07 Å². The average molecular weight is 280 g/mol. The fraction of sp³-hybridized carbons (Fsp3) is 0.571. The Morgan fingerprint density at radius 3 is 3.11 bits per heavy atom. The molecule has 1 aromatic rings. The van der Waals surface area contributed by atoms with E-state index in [0.717, 1.165) is 17.5 Å². The first kappa shape index (κ1) is 12.7. The Hall–Kier alpha value is -0.320. The molecule has 1 aliphatic carbocycles. The minimum Gasteiger partial charge on any atom is -0.399 e. The fourth-order valence-corrected chi connectivity index (χ4v) is 5.40. The van der Waals surface area contributed by atoms with Gasteiger partial charge in [-0.25, -0.2) is 0 Å². The number of hydrogen-bond acceptors (Lipinski definition) is 4. The van der Waals surface area contributed by atoms with Gasteiger partial charge in [-0.3, -0.25) is 0 Å².